The number of carbonyl (C=O) groups excluding carboxylic acids is 1. The number of nitrogens with one attached hydrogen (secondary N) is 1. The number of hydrogen-bond donors (Lipinski definition) is 1. The highest BCUT2D eigenvalue weighted by Gasteiger charge is 2.30. The van der Waals surface area contributed by atoms with Crippen LogP contribution in [0.1, 0.15) is 63.2 Å². The maximum absolute atomic E-state index is 12.8. The Labute approximate surface area is 166 Å². The lowest BCUT2D eigenvalue weighted by Crippen LogP contribution is -2.40. The molecule has 0 saturated carbocycles. The molecule has 1 amide bonds. The van der Waals surface area contributed by atoms with Gasteiger partial charge >= 0.3 is 0 Å². The SMILES string of the molecule is CCc1nc(C2CCN(C(=O)CC(C)(C)Cc3ccc(Cl)cc3)CC2)n[nH]1. The van der Waals surface area contributed by atoms with Crippen molar-refractivity contribution in [2.45, 2.75) is 58.8 Å². The largest absolute Gasteiger partial charge is 0.343 e. The predicted octanol–water partition coefficient (Wildman–Crippen LogP) is 4.39. The van der Waals surface area contributed by atoms with Crippen LogP contribution >= 0.6 is 11.6 Å². The Morgan fingerprint density at radius 1 is 1.26 bits per heavy atom. The van der Waals surface area contributed by atoms with Crippen LogP contribution in [-0.2, 0) is 17.6 Å². The number of aryl methyl sites for hydroxylation is 1. The fourth-order valence-electron chi connectivity index (χ4n) is 3.78. The minimum absolute atomic E-state index is 0.0818. The molecule has 0 atom stereocenters. The van der Waals surface area contributed by atoms with Crippen LogP contribution in [0.3, 0.4) is 0 Å². The van der Waals surface area contributed by atoms with Crippen LogP contribution in [0.15, 0.2) is 24.3 Å². The molecule has 1 aromatic carbocycles. The summed E-state index contributed by atoms with van der Waals surface area (Å²) in [6.45, 7) is 7.96. The third-order valence-corrected chi connectivity index (χ3v) is 5.57. The van der Waals surface area contributed by atoms with Crippen LogP contribution in [0, 0.1) is 5.41 Å². The van der Waals surface area contributed by atoms with Gasteiger partial charge in [0.25, 0.3) is 0 Å². The van der Waals surface area contributed by atoms with Crippen LogP contribution in [0.4, 0.5) is 0 Å². The van der Waals surface area contributed by atoms with Gasteiger partial charge in [-0.05, 0) is 42.4 Å². The number of aromatic amines is 1. The van der Waals surface area contributed by atoms with Crippen molar-refractivity contribution in [3.63, 3.8) is 0 Å². The molecule has 0 unspecified atom stereocenters. The van der Waals surface area contributed by atoms with E-state index in [1.165, 1.54) is 5.56 Å². The van der Waals surface area contributed by atoms with E-state index < -0.39 is 0 Å². The zero-order valence-electron chi connectivity index (χ0n) is 16.5. The lowest BCUT2D eigenvalue weighted by molar-refractivity contribution is -0.134. The predicted molar refractivity (Wildman–Crippen MR) is 108 cm³/mol. The molecule has 146 valence electrons. The Hall–Kier alpha value is -1.88. The highest BCUT2D eigenvalue weighted by molar-refractivity contribution is 6.30. The van der Waals surface area contributed by atoms with Crippen molar-refractivity contribution in [3.8, 4) is 0 Å². The van der Waals surface area contributed by atoms with E-state index in [1.54, 1.807) is 0 Å². The van der Waals surface area contributed by atoms with Gasteiger partial charge in [0.05, 0.1) is 0 Å². The van der Waals surface area contributed by atoms with E-state index in [4.69, 9.17) is 11.6 Å². The molecule has 27 heavy (non-hydrogen) atoms. The Bertz CT molecular complexity index is 761. The van der Waals surface area contributed by atoms with E-state index in [9.17, 15) is 4.79 Å². The summed E-state index contributed by atoms with van der Waals surface area (Å²) in [7, 11) is 0. The molecule has 3 rings (SSSR count). The summed E-state index contributed by atoms with van der Waals surface area (Å²) < 4.78 is 0. The van der Waals surface area contributed by atoms with Gasteiger partial charge < -0.3 is 4.90 Å². The second-order valence-corrected chi connectivity index (χ2v) is 8.73. The van der Waals surface area contributed by atoms with E-state index in [2.05, 4.69) is 36.0 Å². The second-order valence-electron chi connectivity index (χ2n) is 8.29. The summed E-state index contributed by atoms with van der Waals surface area (Å²) in [4.78, 5) is 19.4. The highest BCUT2D eigenvalue weighted by Crippen LogP contribution is 2.30. The van der Waals surface area contributed by atoms with Crippen molar-refractivity contribution in [2.24, 2.45) is 5.41 Å². The molecule has 5 nitrogen and oxygen atoms in total. The molecule has 0 radical (unpaired) electrons. The minimum Gasteiger partial charge on any atom is -0.343 e. The maximum atomic E-state index is 12.8. The first-order valence-electron chi connectivity index (χ1n) is 9.80. The van der Waals surface area contributed by atoms with Crippen molar-refractivity contribution in [1.82, 2.24) is 20.1 Å². The first kappa shape index (κ1) is 19.9. The minimum atomic E-state index is -0.0818. The number of likely N-dealkylation sites (tertiary alicyclic amines) is 1. The monoisotopic (exact) mass is 388 g/mol. The molecule has 0 aliphatic carbocycles. The van der Waals surface area contributed by atoms with Crippen LogP contribution in [0.2, 0.25) is 5.02 Å². The van der Waals surface area contributed by atoms with E-state index >= 15 is 0 Å². The number of hydrogen-bond acceptors (Lipinski definition) is 3. The first-order chi connectivity index (χ1) is 12.9. The van der Waals surface area contributed by atoms with Gasteiger partial charge in [-0.2, -0.15) is 5.10 Å². The number of halogens is 1. The van der Waals surface area contributed by atoms with Gasteiger partial charge in [0.2, 0.25) is 5.91 Å². The number of nitrogens with zero attached hydrogens (tertiary/aromatic N) is 3. The smallest absolute Gasteiger partial charge is 0.223 e. The summed E-state index contributed by atoms with van der Waals surface area (Å²) in [5, 5.41) is 8.08. The fourth-order valence-corrected chi connectivity index (χ4v) is 3.90. The first-order valence-corrected chi connectivity index (χ1v) is 10.2. The number of aromatic nitrogens is 3. The molecular formula is C21H29ClN4O. The number of amides is 1. The molecule has 0 spiro atoms. The summed E-state index contributed by atoms with van der Waals surface area (Å²) in [6.07, 6.45) is 4.16. The van der Waals surface area contributed by atoms with Crippen LogP contribution in [-0.4, -0.2) is 39.1 Å². The second kappa shape index (κ2) is 8.42. The van der Waals surface area contributed by atoms with Gasteiger partial charge in [0, 0.05) is 36.9 Å². The van der Waals surface area contributed by atoms with Crippen molar-refractivity contribution in [2.75, 3.05) is 13.1 Å². The topological polar surface area (TPSA) is 61.9 Å². The molecule has 6 heteroatoms. The van der Waals surface area contributed by atoms with Crippen molar-refractivity contribution < 1.29 is 4.79 Å². The molecule has 1 aliphatic heterocycles. The van der Waals surface area contributed by atoms with Gasteiger partial charge in [-0.3, -0.25) is 9.89 Å². The van der Waals surface area contributed by atoms with E-state index in [1.807, 2.05) is 29.2 Å². The molecule has 1 aromatic heterocycles. The Morgan fingerprint density at radius 3 is 2.52 bits per heavy atom. The summed E-state index contributed by atoms with van der Waals surface area (Å²) in [5.74, 6) is 2.44. The molecule has 1 saturated heterocycles. The van der Waals surface area contributed by atoms with Gasteiger partial charge in [-0.15, -0.1) is 0 Å². The third-order valence-electron chi connectivity index (χ3n) is 5.32. The standard InChI is InChI=1S/C21H29ClN4O/c1-4-18-23-20(25-24-18)16-9-11-26(12-10-16)19(27)14-21(2,3)13-15-5-7-17(22)8-6-15/h5-8,16H,4,9-14H2,1-3H3,(H,23,24,25). The molecule has 1 fully saturated rings. The van der Waals surface area contributed by atoms with E-state index in [-0.39, 0.29) is 11.3 Å². The number of piperidine rings is 1. The quantitative estimate of drug-likeness (QED) is 0.798. The zero-order valence-corrected chi connectivity index (χ0v) is 17.2. The van der Waals surface area contributed by atoms with Gasteiger partial charge in [-0.1, -0.05) is 44.5 Å². The number of carbonyl (C=O) groups is 1. The highest BCUT2D eigenvalue weighted by atomic mass is 35.5. The number of H-pyrrole nitrogens is 1. The van der Waals surface area contributed by atoms with Crippen LogP contribution < -0.4 is 0 Å². The Balaban J connectivity index is 1.51. The lowest BCUT2D eigenvalue weighted by Gasteiger charge is -2.33. The average Bonchev–Trinajstić information content (AvgIpc) is 3.12. The summed E-state index contributed by atoms with van der Waals surface area (Å²) >= 11 is 5.96. The van der Waals surface area contributed by atoms with Crippen molar-refractivity contribution in [3.05, 3.63) is 46.5 Å². The van der Waals surface area contributed by atoms with Crippen LogP contribution in [0.25, 0.3) is 0 Å². The third kappa shape index (κ3) is 5.32. The van der Waals surface area contributed by atoms with Crippen molar-refractivity contribution in [1.29, 1.82) is 0 Å². The molecular weight excluding hydrogens is 360 g/mol. The molecule has 1 aliphatic rings. The lowest BCUT2D eigenvalue weighted by atomic mass is 9.82. The van der Waals surface area contributed by atoms with E-state index in [0.717, 1.165) is 55.4 Å². The van der Waals surface area contributed by atoms with Gasteiger partial charge in [0.15, 0.2) is 5.82 Å². The normalized spacial score (nSPS) is 15.9. The Morgan fingerprint density at radius 2 is 1.93 bits per heavy atom. The van der Waals surface area contributed by atoms with Crippen molar-refractivity contribution >= 4 is 17.5 Å². The Kier molecular flexibility index (Phi) is 6.20. The molecule has 0 bridgehead atoms. The molecule has 2 aromatic rings. The zero-order chi connectivity index (χ0) is 19.4. The number of rotatable bonds is 6. The molecule has 1 N–H and O–H groups in total. The average molecular weight is 389 g/mol. The van der Waals surface area contributed by atoms with Gasteiger partial charge in [0.1, 0.15) is 5.82 Å². The maximum Gasteiger partial charge on any atom is 0.223 e. The fraction of sp³-hybridized carbons (Fsp3) is 0.571. The van der Waals surface area contributed by atoms with E-state index in [0.29, 0.717) is 12.3 Å². The van der Waals surface area contributed by atoms with Crippen LogP contribution in [0.5, 0.6) is 0 Å². The molecule has 2 heterocycles. The summed E-state index contributed by atoms with van der Waals surface area (Å²) in [6, 6.07) is 7.90. The van der Waals surface area contributed by atoms with Gasteiger partial charge in [-0.25, -0.2) is 4.98 Å². The summed E-state index contributed by atoms with van der Waals surface area (Å²) in [5.41, 5.74) is 1.13. The number of benzene rings is 1.